The van der Waals surface area contributed by atoms with Gasteiger partial charge < -0.3 is 9.47 Å². The van der Waals surface area contributed by atoms with Gasteiger partial charge in [0.2, 0.25) is 0 Å². The molecule has 0 aliphatic carbocycles. The van der Waals surface area contributed by atoms with Crippen molar-refractivity contribution in [1.82, 2.24) is 0 Å². The number of allylic oxidation sites excluding steroid dienone is 3. The van der Waals surface area contributed by atoms with Crippen LogP contribution in [0.2, 0.25) is 0 Å². The van der Waals surface area contributed by atoms with Gasteiger partial charge in [-0.15, -0.1) is 0 Å². The number of methoxy groups -OCH3 is 1. The average molecular weight is 308 g/mol. The Bertz CT molecular complexity index is 347. The summed E-state index contributed by atoms with van der Waals surface area (Å²) in [7, 11) is 1.45. The minimum atomic E-state index is -0.0885. The fourth-order valence-corrected chi connectivity index (χ4v) is 2.53. The van der Waals surface area contributed by atoms with Crippen molar-refractivity contribution in [3.05, 3.63) is 24.3 Å². The van der Waals surface area contributed by atoms with Gasteiger partial charge in [0.15, 0.2) is 0 Å². The standard InChI is InChI=1S/C19H32O3/c1-3-17-18(22-17)15-13-11-9-7-5-4-6-8-10-12-14-16-19(20)21-2/h5,7,11,13,17-18H,3-4,6,8-10,12,14-16H2,1-2H3/b7-5-,13-11-. The highest BCUT2D eigenvalue weighted by molar-refractivity contribution is 5.68. The van der Waals surface area contributed by atoms with Crippen molar-refractivity contribution in [3.8, 4) is 0 Å². The zero-order chi connectivity index (χ0) is 16.0. The summed E-state index contributed by atoms with van der Waals surface area (Å²) in [6, 6.07) is 0. The molecule has 126 valence electrons. The van der Waals surface area contributed by atoms with Crippen LogP contribution in [0, 0.1) is 0 Å². The van der Waals surface area contributed by atoms with Gasteiger partial charge in [0.1, 0.15) is 0 Å². The van der Waals surface area contributed by atoms with E-state index in [-0.39, 0.29) is 5.97 Å². The van der Waals surface area contributed by atoms with Crippen LogP contribution >= 0.6 is 0 Å². The Hall–Kier alpha value is -1.09. The fraction of sp³-hybridized carbons (Fsp3) is 0.737. The molecule has 3 heteroatoms. The van der Waals surface area contributed by atoms with E-state index in [0.29, 0.717) is 18.6 Å². The molecular formula is C19H32O3. The molecular weight excluding hydrogens is 276 g/mol. The van der Waals surface area contributed by atoms with Crippen LogP contribution in [0.1, 0.15) is 71.1 Å². The molecule has 3 nitrogen and oxygen atoms in total. The SMILES string of the molecule is CCC1OC1C/C=C\C/C=C\CCCCCCCC(=O)OC. The largest absolute Gasteiger partial charge is 0.469 e. The lowest BCUT2D eigenvalue weighted by Gasteiger charge is -1.99. The van der Waals surface area contributed by atoms with Crippen LogP contribution in [0.3, 0.4) is 0 Å². The molecule has 0 bridgehead atoms. The molecule has 2 atom stereocenters. The summed E-state index contributed by atoms with van der Waals surface area (Å²) in [5.74, 6) is -0.0885. The van der Waals surface area contributed by atoms with E-state index in [2.05, 4.69) is 36.0 Å². The molecule has 0 N–H and O–H groups in total. The second kappa shape index (κ2) is 12.5. The number of unbranched alkanes of at least 4 members (excludes halogenated alkanes) is 5. The van der Waals surface area contributed by atoms with Crippen molar-refractivity contribution >= 4 is 5.97 Å². The molecule has 2 unspecified atom stereocenters. The number of esters is 1. The lowest BCUT2D eigenvalue weighted by atomic mass is 10.1. The molecule has 1 fully saturated rings. The van der Waals surface area contributed by atoms with Crippen molar-refractivity contribution in [2.75, 3.05) is 7.11 Å². The van der Waals surface area contributed by atoms with Gasteiger partial charge in [-0.3, -0.25) is 4.79 Å². The summed E-state index contributed by atoms with van der Waals surface area (Å²) in [6.45, 7) is 2.18. The molecule has 0 aromatic rings. The first-order valence-corrected chi connectivity index (χ1v) is 8.80. The van der Waals surface area contributed by atoms with E-state index < -0.39 is 0 Å². The van der Waals surface area contributed by atoms with Gasteiger partial charge in [0.05, 0.1) is 19.3 Å². The number of rotatable bonds is 13. The minimum Gasteiger partial charge on any atom is -0.469 e. The van der Waals surface area contributed by atoms with Crippen molar-refractivity contribution in [1.29, 1.82) is 0 Å². The van der Waals surface area contributed by atoms with E-state index in [1.807, 2.05) is 0 Å². The lowest BCUT2D eigenvalue weighted by Crippen LogP contribution is -1.98. The zero-order valence-corrected chi connectivity index (χ0v) is 14.3. The second-order valence-electron chi connectivity index (χ2n) is 5.92. The molecule has 0 saturated carbocycles. The summed E-state index contributed by atoms with van der Waals surface area (Å²) in [4.78, 5) is 10.9. The molecule has 1 rings (SSSR count). The average Bonchev–Trinajstić information content (AvgIpc) is 3.30. The first-order chi connectivity index (χ1) is 10.8. The highest BCUT2D eigenvalue weighted by Crippen LogP contribution is 2.28. The van der Waals surface area contributed by atoms with Gasteiger partial charge in [0.25, 0.3) is 0 Å². The highest BCUT2D eigenvalue weighted by Gasteiger charge is 2.35. The maximum Gasteiger partial charge on any atom is 0.305 e. The predicted molar refractivity (Wildman–Crippen MR) is 90.8 cm³/mol. The Kier molecular flexibility index (Phi) is 10.7. The van der Waals surface area contributed by atoms with E-state index in [1.54, 1.807) is 0 Å². The van der Waals surface area contributed by atoms with E-state index in [1.165, 1.54) is 26.4 Å². The maximum absolute atomic E-state index is 10.9. The number of hydrogen-bond acceptors (Lipinski definition) is 3. The molecule has 0 aromatic carbocycles. The third-order valence-corrected chi connectivity index (χ3v) is 4.04. The van der Waals surface area contributed by atoms with Gasteiger partial charge >= 0.3 is 5.97 Å². The molecule has 22 heavy (non-hydrogen) atoms. The van der Waals surface area contributed by atoms with Gasteiger partial charge in [-0.1, -0.05) is 50.5 Å². The van der Waals surface area contributed by atoms with Gasteiger partial charge in [-0.25, -0.2) is 0 Å². The van der Waals surface area contributed by atoms with Crippen LogP contribution in [-0.4, -0.2) is 25.3 Å². The molecule has 0 spiro atoms. The number of hydrogen-bond donors (Lipinski definition) is 0. The van der Waals surface area contributed by atoms with Crippen LogP contribution in [0.15, 0.2) is 24.3 Å². The Morgan fingerprint density at radius 1 is 1.00 bits per heavy atom. The van der Waals surface area contributed by atoms with Gasteiger partial charge in [-0.2, -0.15) is 0 Å². The van der Waals surface area contributed by atoms with E-state index in [9.17, 15) is 4.79 Å². The quantitative estimate of drug-likeness (QED) is 0.209. The predicted octanol–water partition coefficient (Wildman–Crippen LogP) is 4.96. The van der Waals surface area contributed by atoms with Gasteiger partial charge in [0, 0.05) is 6.42 Å². The van der Waals surface area contributed by atoms with E-state index in [0.717, 1.165) is 38.5 Å². The topological polar surface area (TPSA) is 38.8 Å². The Balaban J connectivity index is 1.80. The summed E-state index contributed by atoms with van der Waals surface area (Å²) in [6.07, 6.45) is 20.8. The Morgan fingerprint density at radius 3 is 2.45 bits per heavy atom. The zero-order valence-electron chi connectivity index (χ0n) is 14.3. The van der Waals surface area contributed by atoms with Crippen molar-refractivity contribution in [2.24, 2.45) is 0 Å². The van der Waals surface area contributed by atoms with Crippen molar-refractivity contribution in [2.45, 2.75) is 83.3 Å². The lowest BCUT2D eigenvalue weighted by molar-refractivity contribution is -0.140. The fourth-order valence-electron chi connectivity index (χ4n) is 2.53. The normalized spacial score (nSPS) is 20.8. The molecule has 1 saturated heterocycles. The smallest absolute Gasteiger partial charge is 0.305 e. The minimum absolute atomic E-state index is 0.0885. The van der Waals surface area contributed by atoms with E-state index in [4.69, 9.17) is 4.74 Å². The summed E-state index contributed by atoms with van der Waals surface area (Å²) < 4.78 is 10.1. The molecule has 0 aromatic heterocycles. The van der Waals surface area contributed by atoms with E-state index >= 15 is 0 Å². The third-order valence-electron chi connectivity index (χ3n) is 4.04. The van der Waals surface area contributed by atoms with Crippen LogP contribution < -0.4 is 0 Å². The van der Waals surface area contributed by atoms with Gasteiger partial charge in [-0.05, 0) is 38.5 Å². The first-order valence-electron chi connectivity index (χ1n) is 8.80. The van der Waals surface area contributed by atoms with Crippen LogP contribution in [-0.2, 0) is 14.3 Å². The third kappa shape index (κ3) is 9.78. The number of carbonyl (C=O) groups is 1. The number of epoxide rings is 1. The van der Waals surface area contributed by atoms with Crippen LogP contribution in [0.25, 0.3) is 0 Å². The maximum atomic E-state index is 10.9. The molecule has 0 radical (unpaired) electrons. The second-order valence-corrected chi connectivity index (χ2v) is 5.92. The number of carbonyl (C=O) groups excluding carboxylic acids is 1. The summed E-state index contributed by atoms with van der Waals surface area (Å²) in [5, 5.41) is 0. The summed E-state index contributed by atoms with van der Waals surface area (Å²) in [5.41, 5.74) is 0. The first kappa shape index (κ1) is 19.0. The van der Waals surface area contributed by atoms with Crippen LogP contribution in [0.5, 0.6) is 0 Å². The molecule has 0 amide bonds. The van der Waals surface area contributed by atoms with Crippen LogP contribution in [0.4, 0.5) is 0 Å². The molecule has 1 aliphatic heterocycles. The van der Waals surface area contributed by atoms with Crippen molar-refractivity contribution < 1.29 is 14.3 Å². The molecule has 1 aliphatic rings. The molecule has 1 heterocycles. The summed E-state index contributed by atoms with van der Waals surface area (Å²) >= 11 is 0. The highest BCUT2D eigenvalue weighted by atomic mass is 16.6. The Morgan fingerprint density at radius 2 is 1.73 bits per heavy atom. The Labute approximate surface area is 135 Å². The van der Waals surface area contributed by atoms with Crippen molar-refractivity contribution in [3.63, 3.8) is 0 Å². The number of ether oxygens (including phenoxy) is 2. The monoisotopic (exact) mass is 308 g/mol.